The summed E-state index contributed by atoms with van der Waals surface area (Å²) in [6.45, 7) is 4.44. The van der Waals surface area contributed by atoms with Gasteiger partial charge in [-0.2, -0.15) is 0 Å². The number of rotatable bonds is 7. The van der Waals surface area contributed by atoms with Crippen molar-refractivity contribution in [2.24, 2.45) is 7.05 Å². The van der Waals surface area contributed by atoms with Crippen LogP contribution in [0.1, 0.15) is 72.5 Å². The van der Waals surface area contributed by atoms with E-state index in [1.807, 2.05) is 10.8 Å². The first kappa shape index (κ1) is 41.3. The first-order valence-corrected chi connectivity index (χ1v) is 24.7. The number of pyridine rings is 1. The topological polar surface area (TPSA) is 21.7 Å². The number of aryl methyl sites for hydroxylation is 3. The molecule has 0 amide bonds. The van der Waals surface area contributed by atoms with E-state index in [0.29, 0.717) is 0 Å². The molecule has 3 aliphatic rings. The summed E-state index contributed by atoms with van der Waals surface area (Å²) < 4.78 is 4.34. The van der Waals surface area contributed by atoms with Gasteiger partial charge in [0.25, 0.3) is 0 Å². The fraction of sp³-hybridized carbons (Fsp3) is 0.0882. The van der Waals surface area contributed by atoms with E-state index in [1.165, 1.54) is 111 Å². The lowest BCUT2D eigenvalue weighted by Crippen LogP contribution is -2.38. The Kier molecular flexibility index (Phi) is 8.98. The molecule has 0 N–H and O–H groups in total. The van der Waals surface area contributed by atoms with Crippen molar-refractivity contribution in [2.45, 2.75) is 30.2 Å². The molecule has 0 atom stereocenters. The lowest BCUT2D eigenvalue weighted by molar-refractivity contribution is -0.675. The van der Waals surface area contributed by atoms with Gasteiger partial charge in [0.15, 0.2) is 5.54 Å². The molecule has 0 bridgehead atoms. The second kappa shape index (κ2) is 15.4. The van der Waals surface area contributed by atoms with Gasteiger partial charge in [-0.25, -0.2) is 0 Å². The van der Waals surface area contributed by atoms with Crippen molar-refractivity contribution in [1.29, 1.82) is 0 Å². The SMILES string of the molecule is Cc1cccc(C)c1-c1ccnc(C2(c3cccc(C4(c5cccc(C6(n7[c-][n+](C)cc7)c7ccccc7-c7ccccc76)c5)c5ccccc5-c5ccccc54)c3)c3ccccc3-c3ccccc32)c1. The van der Waals surface area contributed by atoms with Crippen molar-refractivity contribution in [3.05, 3.63) is 322 Å². The molecule has 3 nitrogen and oxygen atoms in total. The van der Waals surface area contributed by atoms with Crippen LogP contribution < -0.4 is 4.57 Å². The minimum absolute atomic E-state index is 0.696. The number of imidazole rings is 1. The lowest BCUT2D eigenvalue weighted by atomic mass is 9.64. The Morgan fingerprint density at radius 3 is 1.28 bits per heavy atom. The van der Waals surface area contributed by atoms with E-state index in [-0.39, 0.29) is 0 Å². The maximum Gasteiger partial charge on any atom is 0.204 e. The first-order chi connectivity index (χ1) is 34.9. The van der Waals surface area contributed by atoms with E-state index in [0.717, 1.165) is 5.69 Å². The fourth-order valence-corrected chi connectivity index (χ4v) is 13.5. The molecule has 2 heterocycles. The Bertz CT molecular complexity index is 3800. The average molecular weight is 908 g/mol. The number of fused-ring (bicyclic) bond motifs is 9. The van der Waals surface area contributed by atoms with Crippen LogP contribution in [0.15, 0.2) is 243 Å². The summed E-state index contributed by atoms with van der Waals surface area (Å²) in [7, 11) is 2.06. The highest BCUT2D eigenvalue weighted by Gasteiger charge is 2.52. The normalized spacial score (nSPS) is 14.7. The molecule has 336 valence electrons. The van der Waals surface area contributed by atoms with Gasteiger partial charge in [0.2, 0.25) is 6.33 Å². The van der Waals surface area contributed by atoms with Crippen molar-refractivity contribution in [1.82, 2.24) is 9.55 Å². The molecule has 3 heteroatoms. The third-order valence-electron chi connectivity index (χ3n) is 16.3. The molecule has 2 aromatic heterocycles. The summed E-state index contributed by atoms with van der Waals surface area (Å²) in [5.41, 5.74) is 23.6. The van der Waals surface area contributed by atoms with E-state index in [1.54, 1.807) is 0 Å². The zero-order chi connectivity index (χ0) is 47.5. The van der Waals surface area contributed by atoms with Crippen LogP contribution in [-0.4, -0.2) is 9.55 Å². The van der Waals surface area contributed by atoms with Crippen molar-refractivity contribution in [3.63, 3.8) is 0 Å². The number of hydrogen-bond donors (Lipinski definition) is 0. The Morgan fingerprint density at radius 1 is 0.408 bits per heavy atom. The van der Waals surface area contributed by atoms with Crippen LogP contribution in [0, 0.1) is 20.2 Å². The molecule has 0 radical (unpaired) electrons. The van der Waals surface area contributed by atoms with Crippen LogP contribution >= 0.6 is 0 Å². The maximum atomic E-state index is 5.45. The summed E-state index contributed by atoms with van der Waals surface area (Å²) in [5, 5.41) is 0. The van der Waals surface area contributed by atoms with Gasteiger partial charge in [-0.05, 0) is 139 Å². The third kappa shape index (κ3) is 5.49. The molecule has 0 saturated heterocycles. The van der Waals surface area contributed by atoms with Crippen LogP contribution in [0.5, 0.6) is 0 Å². The summed E-state index contributed by atoms with van der Waals surface area (Å²) in [5.74, 6) is 0. The monoisotopic (exact) mass is 907 g/mol. The standard InChI is InChI=1S/C68H49N3/c1-45-19-16-20-46(2)65(45)47-37-38-69-64(41-47)67(60-33-12-6-27-54(60)55-28-7-13-34-61(55)67)50-23-17-21-48(42-50)66(58-31-10-4-25-52(58)53-26-5-11-32-59(53)66)49-22-18-24-51(43-49)68(71-40-39-70(3)44-71)62-35-14-8-29-56(62)57-30-9-15-36-63(57)68/h4-43H,1-3H3. The van der Waals surface area contributed by atoms with Gasteiger partial charge >= 0.3 is 0 Å². The highest BCUT2D eigenvalue weighted by molar-refractivity contribution is 5.90. The van der Waals surface area contributed by atoms with Crippen molar-refractivity contribution >= 4 is 0 Å². The van der Waals surface area contributed by atoms with Crippen LogP contribution in [0.2, 0.25) is 0 Å². The maximum absolute atomic E-state index is 5.45. The van der Waals surface area contributed by atoms with Crippen molar-refractivity contribution < 1.29 is 4.57 Å². The molecular weight excluding hydrogens is 859 g/mol. The molecule has 0 spiro atoms. The van der Waals surface area contributed by atoms with Crippen molar-refractivity contribution in [2.75, 3.05) is 0 Å². The van der Waals surface area contributed by atoms with Gasteiger partial charge < -0.3 is 9.13 Å². The molecule has 9 aromatic carbocycles. The van der Waals surface area contributed by atoms with E-state index in [4.69, 9.17) is 4.98 Å². The van der Waals surface area contributed by atoms with E-state index in [2.05, 4.69) is 269 Å². The molecule has 71 heavy (non-hydrogen) atoms. The number of aromatic nitrogens is 3. The first-order valence-electron chi connectivity index (χ1n) is 24.7. The van der Waals surface area contributed by atoms with Gasteiger partial charge in [0, 0.05) is 22.9 Å². The Morgan fingerprint density at radius 2 is 0.803 bits per heavy atom. The van der Waals surface area contributed by atoms with Crippen molar-refractivity contribution in [3.8, 4) is 44.5 Å². The van der Waals surface area contributed by atoms with Gasteiger partial charge in [0.1, 0.15) is 0 Å². The van der Waals surface area contributed by atoms with Gasteiger partial charge in [0.05, 0.1) is 23.6 Å². The summed E-state index contributed by atoms with van der Waals surface area (Å²) in [6.07, 6.45) is 10.0. The number of benzene rings is 9. The molecule has 0 unspecified atom stereocenters. The van der Waals surface area contributed by atoms with E-state index >= 15 is 0 Å². The summed E-state index contributed by atoms with van der Waals surface area (Å²) in [4.78, 5) is 5.45. The van der Waals surface area contributed by atoms with Crippen LogP contribution in [0.3, 0.4) is 0 Å². The lowest BCUT2D eigenvalue weighted by Gasteiger charge is -2.38. The Balaban J connectivity index is 1.08. The number of hydrogen-bond acceptors (Lipinski definition) is 1. The highest BCUT2D eigenvalue weighted by Crippen LogP contribution is 2.61. The molecule has 0 saturated carbocycles. The van der Waals surface area contributed by atoms with Gasteiger partial charge in [-0.1, -0.05) is 206 Å². The molecule has 0 aliphatic heterocycles. The minimum Gasteiger partial charge on any atom is -0.354 e. The second-order valence-corrected chi connectivity index (χ2v) is 19.7. The second-order valence-electron chi connectivity index (χ2n) is 19.7. The quantitative estimate of drug-likeness (QED) is 0.115. The predicted molar refractivity (Wildman–Crippen MR) is 285 cm³/mol. The zero-order valence-electron chi connectivity index (χ0n) is 39.9. The molecule has 3 aliphatic carbocycles. The van der Waals surface area contributed by atoms with Gasteiger partial charge in [-0.3, -0.25) is 4.98 Å². The third-order valence-corrected chi connectivity index (χ3v) is 16.3. The summed E-state index contributed by atoms with van der Waals surface area (Å²) in [6, 6.07) is 84.4. The van der Waals surface area contributed by atoms with Crippen LogP contribution in [-0.2, 0) is 23.4 Å². The predicted octanol–water partition coefficient (Wildman–Crippen LogP) is 14.3. The zero-order valence-corrected chi connectivity index (χ0v) is 39.9. The van der Waals surface area contributed by atoms with Crippen LogP contribution in [0.25, 0.3) is 44.5 Å². The highest BCUT2D eigenvalue weighted by atomic mass is 15.2. The Hall–Kier alpha value is -8.66. The average Bonchev–Trinajstić information content (AvgIpc) is 4.17. The smallest absolute Gasteiger partial charge is 0.204 e. The molecule has 0 fully saturated rings. The fourth-order valence-electron chi connectivity index (χ4n) is 13.5. The van der Waals surface area contributed by atoms with Crippen LogP contribution in [0.4, 0.5) is 0 Å². The Labute approximate surface area is 415 Å². The summed E-state index contributed by atoms with van der Waals surface area (Å²) >= 11 is 0. The molecule has 11 aromatic rings. The van der Waals surface area contributed by atoms with E-state index in [9.17, 15) is 0 Å². The molecule has 14 rings (SSSR count). The minimum atomic E-state index is -0.739. The largest absolute Gasteiger partial charge is 0.354 e. The van der Waals surface area contributed by atoms with E-state index < -0.39 is 16.4 Å². The molecular formula is C68H49N3. The number of nitrogens with zero attached hydrogens (tertiary/aromatic N) is 3. The van der Waals surface area contributed by atoms with Gasteiger partial charge in [-0.15, -0.1) is 0 Å².